The predicted molar refractivity (Wildman–Crippen MR) is 93.0 cm³/mol. The summed E-state index contributed by atoms with van der Waals surface area (Å²) in [6.07, 6.45) is 3.87. The Morgan fingerprint density at radius 3 is 2.88 bits per heavy atom. The van der Waals surface area contributed by atoms with Crippen LogP contribution in [0.1, 0.15) is 40.8 Å². The lowest BCUT2D eigenvalue weighted by molar-refractivity contribution is -0.140. The monoisotopic (exact) mass is 347 g/mol. The molecule has 0 aliphatic rings. The molecular formula is C17H21N3O3S. The molecule has 2 aromatic heterocycles. The van der Waals surface area contributed by atoms with Gasteiger partial charge in [0.2, 0.25) is 0 Å². The third kappa shape index (κ3) is 4.61. The number of nitrogens with zero attached hydrogens (tertiary/aromatic N) is 2. The zero-order valence-electron chi connectivity index (χ0n) is 14.1. The minimum atomic E-state index is -0.350. The second kappa shape index (κ2) is 8.54. The Kier molecular flexibility index (Phi) is 6.43. The first-order valence-corrected chi connectivity index (χ1v) is 8.64. The van der Waals surface area contributed by atoms with E-state index in [1.54, 1.807) is 6.20 Å². The van der Waals surface area contributed by atoms with E-state index in [4.69, 9.17) is 0 Å². The van der Waals surface area contributed by atoms with Gasteiger partial charge in [0.05, 0.1) is 19.2 Å². The zero-order chi connectivity index (χ0) is 17.5. The highest BCUT2D eigenvalue weighted by Crippen LogP contribution is 2.28. The van der Waals surface area contributed by atoms with Gasteiger partial charge >= 0.3 is 5.97 Å². The van der Waals surface area contributed by atoms with E-state index in [1.165, 1.54) is 18.4 Å². The maximum Gasteiger partial charge on any atom is 0.307 e. The molecule has 7 heteroatoms. The van der Waals surface area contributed by atoms with Crippen molar-refractivity contribution in [3.05, 3.63) is 34.6 Å². The number of hydrogen-bond donors (Lipinski definition) is 1. The highest BCUT2D eigenvalue weighted by atomic mass is 32.1. The number of carbonyl (C=O) groups excluding carboxylic acids is 2. The summed E-state index contributed by atoms with van der Waals surface area (Å²) in [6.45, 7) is 4.16. The first-order valence-electron chi connectivity index (χ1n) is 7.83. The smallest absolute Gasteiger partial charge is 0.307 e. The van der Waals surface area contributed by atoms with Crippen molar-refractivity contribution in [1.29, 1.82) is 0 Å². The molecular weight excluding hydrogens is 326 g/mol. The number of rotatable bonds is 7. The first-order chi connectivity index (χ1) is 11.5. The Labute approximate surface area is 145 Å². The number of aryl methyl sites for hydroxylation is 2. The number of nitrogens with one attached hydrogen (secondary N) is 1. The van der Waals surface area contributed by atoms with Crippen LogP contribution in [0, 0.1) is 6.92 Å². The number of thiazole rings is 1. The molecule has 0 aromatic carbocycles. The second-order valence-corrected chi connectivity index (χ2v) is 6.30. The molecule has 1 N–H and O–H groups in total. The average molecular weight is 347 g/mol. The third-order valence-corrected chi connectivity index (χ3v) is 4.62. The number of hydrogen-bond acceptors (Lipinski definition) is 6. The highest BCUT2D eigenvalue weighted by molar-refractivity contribution is 7.17. The number of amides is 1. The minimum Gasteiger partial charge on any atom is -0.469 e. The molecule has 0 atom stereocenters. The summed E-state index contributed by atoms with van der Waals surface area (Å²) < 4.78 is 4.55. The molecule has 1 amide bonds. The first kappa shape index (κ1) is 18.1. The molecule has 0 radical (unpaired) electrons. The van der Waals surface area contributed by atoms with Crippen LogP contribution in [-0.4, -0.2) is 35.5 Å². The number of carbonyl (C=O) groups is 2. The molecule has 0 aliphatic carbocycles. The van der Waals surface area contributed by atoms with Crippen LogP contribution >= 0.6 is 11.3 Å². The highest BCUT2D eigenvalue weighted by Gasteiger charge is 2.16. The molecule has 128 valence electrons. The van der Waals surface area contributed by atoms with Crippen LogP contribution in [0.5, 0.6) is 0 Å². The van der Waals surface area contributed by atoms with Crippen LogP contribution < -0.4 is 5.32 Å². The van der Waals surface area contributed by atoms with E-state index in [0.29, 0.717) is 10.6 Å². The fourth-order valence-corrected chi connectivity index (χ4v) is 3.17. The van der Waals surface area contributed by atoms with Crippen molar-refractivity contribution in [3.63, 3.8) is 0 Å². The summed E-state index contributed by atoms with van der Waals surface area (Å²) in [7, 11) is 1.32. The van der Waals surface area contributed by atoms with Crippen LogP contribution in [0.3, 0.4) is 0 Å². The van der Waals surface area contributed by atoms with Crippen molar-refractivity contribution in [3.8, 4) is 10.6 Å². The fourth-order valence-electron chi connectivity index (χ4n) is 2.20. The van der Waals surface area contributed by atoms with E-state index in [9.17, 15) is 9.59 Å². The normalized spacial score (nSPS) is 10.5. The van der Waals surface area contributed by atoms with Crippen LogP contribution in [-0.2, 0) is 16.0 Å². The fraction of sp³-hybridized carbons (Fsp3) is 0.412. The average Bonchev–Trinajstić information content (AvgIpc) is 2.97. The van der Waals surface area contributed by atoms with Crippen LogP contribution in [0.25, 0.3) is 10.6 Å². The number of pyridine rings is 1. The van der Waals surface area contributed by atoms with Crippen LogP contribution in [0.4, 0.5) is 0 Å². The van der Waals surface area contributed by atoms with E-state index < -0.39 is 0 Å². The molecule has 0 bridgehead atoms. The maximum absolute atomic E-state index is 12.2. The molecule has 0 saturated carbocycles. The Balaban J connectivity index is 2.10. The Bertz CT molecular complexity index is 728. The topological polar surface area (TPSA) is 81.2 Å². The van der Waals surface area contributed by atoms with Crippen LogP contribution in [0.15, 0.2) is 18.3 Å². The molecule has 2 rings (SSSR count). The zero-order valence-corrected chi connectivity index (χ0v) is 14.9. The van der Waals surface area contributed by atoms with E-state index in [0.717, 1.165) is 29.1 Å². The van der Waals surface area contributed by atoms with Crippen molar-refractivity contribution in [1.82, 2.24) is 15.3 Å². The van der Waals surface area contributed by atoms with Gasteiger partial charge in [0.15, 0.2) is 0 Å². The molecule has 24 heavy (non-hydrogen) atoms. The van der Waals surface area contributed by atoms with Crippen LogP contribution in [0.2, 0.25) is 0 Å². The molecule has 2 heterocycles. The number of ether oxygens (including phenoxy) is 1. The summed E-state index contributed by atoms with van der Waals surface area (Å²) >= 11 is 1.34. The third-order valence-electron chi connectivity index (χ3n) is 3.41. The Morgan fingerprint density at radius 2 is 2.17 bits per heavy atom. The lowest BCUT2D eigenvalue weighted by atomic mass is 10.2. The van der Waals surface area contributed by atoms with Crippen molar-refractivity contribution < 1.29 is 14.3 Å². The van der Waals surface area contributed by atoms with Crippen molar-refractivity contribution >= 4 is 23.2 Å². The van der Waals surface area contributed by atoms with Gasteiger partial charge in [0.1, 0.15) is 9.88 Å². The summed E-state index contributed by atoms with van der Waals surface area (Å²) in [6, 6.07) is 3.91. The quantitative estimate of drug-likeness (QED) is 0.779. The molecule has 0 aliphatic heterocycles. The number of esters is 1. The standard InChI is InChI=1S/C17H21N3O3S/c1-4-5-13-10-12(6-8-18-13)17-20-11(2)15(24-17)16(22)19-9-7-14(21)23-3/h6,8,10H,4-5,7,9H2,1-3H3,(H,19,22). The van der Waals surface area contributed by atoms with Gasteiger partial charge in [-0.2, -0.15) is 0 Å². The number of aromatic nitrogens is 2. The SMILES string of the molecule is CCCc1cc(-c2nc(C)c(C(=O)NCCC(=O)OC)s2)ccn1. The molecule has 6 nitrogen and oxygen atoms in total. The minimum absolute atomic E-state index is 0.150. The van der Waals surface area contributed by atoms with Gasteiger partial charge in [0.25, 0.3) is 5.91 Å². The molecule has 0 fully saturated rings. The largest absolute Gasteiger partial charge is 0.469 e. The lowest BCUT2D eigenvalue weighted by Gasteiger charge is -2.02. The van der Waals surface area contributed by atoms with Gasteiger partial charge in [-0.25, -0.2) is 4.98 Å². The van der Waals surface area contributed by atoms with Crippen molar-refractivity contribution in [2.75, 3.05) is 13.7 Å². The molecule has 0 saturated heterocycles. The van der Waals surface area contributed by atoms with E-state index in [-0.39, 0.29) is 24.8 Å². The summed E-state index contributed by atoms with van der Waals surface area (Å²) in [5, 5.41) is 3.52. The van der Waals surface area contributed by atoms with Gasteiger partial charge in [-0.15, -0.1) is 11.3 Å². The van der Waals surface area contributed by atoms with Crippen molar-refractivity contribution in [2.24, 2.45) is 0 Å². The van der Waals surface area contributed by atoms with Crippen molar-refractivity contribution in [2.45, 2.75) is 33.1 Å². The molecule has 0 unspecified atom stereocenters. The Morgan fingerprint density at radius 1 is 1.38 bits per heavy atom. The summed E-state index contributed by atoms with van der Waals surface area (Å²) in [5.74, 6) is -0.569. The lowest BCUT2D eigenvalue weighted by Crippen LogP contribution is -2.26. The van der Waals surface area contributed by atoms with E-state index in [1.807, 2.05) is 19.1 Å². The van der Waals surface area contributed by atoms with Gasteiger partial charge in [-0.1, -0.05) is 13.3 Å². The summed E-state index contributed by atoms with van der Waals surface area (Å²) in [5.41, 5.74) is 2.67. The maximum atomic E-state index is 12.2. The number of methoxy groups -OCH3 is 1. The van der Waals surface area contributed by atoms with Gasteiger partial charge < -0.3 is 10.1 Å². The summed E-state index contributed by atoms with van der Waals surface area (Å²) in [4.78, 5) is 32.7. The van der Waals surface area contributed by atoms with E-state index in [2.05, 4.69) is 26.9 Å². The van der Waals surface area contributed by atoms with Gasteiger partial charge in [-0.3, -0.25) is 14.6 Å². The Hall–Kier alpha value is -2.28. The van der Waals surface area contributed by atoms with Gasteiger partial charge in [0, 0.05) is 24.0 Å². The second-order valence-electron chi connectivity index (χ2n) is 5.30. The van der Waals surface area contributed by atoms with E-state index >= 15 is 0 Å². The van der Waals surface area contributed by atoms with Gasteiger partial charge in [-0.05, 0) is 25.5 Å². The predicted octanol–water partition coefficient (Wildman–Crippen LogP) is 2.76. The molecule has 0 spiro atoms. The molecule has 2 aromatic rings.